The van der Waals surface area contributed by atoms with Crippen molar-refractivity contribution in [1.29, 1.82) is 0 Å². The van der Waals surface area contributed by atoms with Gasteiger partial charge in [-0.3, -0.25) is 4.79 Å². The predicted molar refractivity (Wildman–Crippen MR) is 47.8 cm³/mol. The molecule has 1 rings (SSSR count). The average Bonchev–Trinajstić information content (AvgIpc) is 2.27. The highest BCUT2D eigenvalue weighted by molar-refractivity contribution is 5.69. The average molecular weight is 170 g/mol. The van der Waals surface area contributed by atoms with Crippen molar-refractivity contribution in [2.45, 2.75) is 45.4 Å². The van der Waals surface area contributed by atoms with Gasteiger partial charge in [0.05, 0.1) is 6.61 Å². The number of hydrogen-bond acceptors (Lipinski definition) is 2. The quantitative estimate of drug-likeness (QED) is 0.608. The smallest absolute Gasteiger partial charge is 0.305 e. The Morgan fingerprint density at radius 3 is 3.08 bits per heavy atom. The van der Waals surface area contributed by atoms with Gasteiger partial charge in [-0.15, -0.1) is 0 Å². The van der Waals surface area contributed by atoms with Gasteiger partial charge in [-0.2, -0.15) is 0 Å². The Kier molecular flexibility index (Phi) is 4.12. The van der Waals surface area contributed by atoms with Crippen molar-refractivity contribution in [3.63, 3.8) is 0 Å². The van der Waals surface area contributed by atoms with E-state index in [1.54, 1.807) is 0 Å². The van der Waals surface area contributed by atoms with E-state index in [4.69, 9.17) is 4.74 Å². The number of hydrogen-bond donors (Lipinski definition) is 0. The summed E-state index contributed by atoms with van der Waals surface area (Å²) in [6.07, 6.45) is 6.57. The summed E-state index contributed by atoms with van der Waals surface area (Å²) in [6.45, 7) is 2.85. The van der Waals surface area contributed by atoms with Crippen LogP contribution in [0.2, 0.25) is 0 Å². The second-order valence-electron chi connectivity index (χ2n) is 3.56. The van der Waals surface area contributed by atoms with Crippen LogP contribution in [-0.2, 0) is 9.53 Å². The molecule has 1 heterocycles. The summed E-state index contributed by atoms with van der Waals surface area (Å²) in [7, 11) is 0. The van der Waals surface area contributed by atoms with Crippen molar-refractivity contribution in [1.82, 2.24) is 0 Å². The molecule has 70 valence electrons. The number of carbonyl (C=O) groups excluding carboxylic acids is 1. The molecule has 0 radical (unpaired) electrons. The van der Waals surface area contributed by atoms with Crippen molar-refractivity contribution >= 4 is 5.97 Å². The number of rotatable bonds is 3. The molecule has 1 atom stereocenters. The van der Waals surface area contributed by atoms with Crippen LogP contribution >= 0.6 is 0 Å². The van der Waals surface area contributed by atoms with Gasteiger partial charge in [0.2, 0.25) is 0 Å². The molecule has 12 heavy (non-hydrogen) atoms. The first kappa shape index (κ1) is 9.56. The van der Waals surface area contributed by atoms with E-state index < -0.39 is 0 Å². The Morgan fingerprint density at radius 1 is 1.50 bits per heavy atom. The molecule has 1 fully saturated rings. The molecule has 2 nitrogen and oxygen atoms in total. The minimum Gasteiger partial charge on any atom is -0.466 e. The number of ether oxygens (including phenoxy) is 1. The van der Waals surface area contributed by atoms with Gasteiger partial charge in [-0.05, 0) is 18.8 Å². The topological polar surface area (TPSA) is 26.3 Å². The van der Waals surface area contributed by atoms with E-state index in [0.717, 1.165) is 18.8 Å². The Labute approximate surface area is 74.3 Å². The van der Waals surface area contributed by atoms with Crippen LogP contribution in [0.4, 0.5) is 0 Å². The normalized spacial score (nSPS) is 24.8. The molecule has 0 aliphatic carbocycles. The second-order valence-corrected chi connectivity index (χ2v) is 3.56. The first-order valence-electron chi connectivity index (χ1n) is 4.98. The molecule has 2 heteroatoms. The highest BCUT2D eigenvalue weighted by Crippen LogP contribution is 2.21. The van der Waals surface area contributed by atoms with Gasteiger partial charge >= 0.3 is 5.97 Å². The maximum absolute atomic E-state index is 10.9. The van der Waals surface area contributed by atoms with Gasteiger partial charge in [0.25, 0.3) is 0 Å². The van der Waals surface area contributed by atoms with Crippen molar-refractivity contribution < 1.29 is 9.53 Å². The van der Waals surface area contributed by atoms with E-state index in [1.807, 2.05) is 0 Å². The van der Waals surface area contributed by atoms with Crippen LogP contribution < -0.4 is 0 Å². The lowest BCUT2D eigenvalue weighted by atomic mass is 9.95. The van der Waals surface area contributed by atoms with Crippen LogP contribution in [0.15, 0.2) is 0 Å². The van der Waals surface area contributed by atoms with E-state index >= 15 is 0 Å². The van der Waals surface area contributed by atoms with E-state index in [1.165, 1.54) is 19.3 Å². The Bertz CT molecular complexity index is 143. The molecule has 1 unspecified atom stereocenters. The van der Waals surface area contributed by atoms with E-state index in [9.17, 15) is 4.79 Å². The van der Waals surface area contributed by atoms with E-state index in [-0.39, 0.29) is 5.97 Å². The molecule has 0 spiro atoms. The second kappa shape index (κ2) is 5.18. The zero-order valence-corrected chi connectivity index (χ0v) is 7.84. The van der Waals surface area contributed by atoms with Gasteiger partial charge in [0, 0.05) is 6.42 Å². The number of carbonyl (C=O) groups is 1. The van der Waals surface area contributed by atoms with Crippen LogP contribution in [0.25, 0.3) is 0 Å². The minimum atomic E-state index is -0.00556. The van der Waals surface area contributed by atoms with Crippen LogP contribution in [0.3, 0.4) is 0 Å². The third-order valence-electron chi connectivity index (χ3n) is 2.51. The molecular weight excluding hydrogens is 152 g/mol. The highest BCUT2D eigenvalue weighted by atomic mass is 16.5. The number of unbranched alkanes of at least 4 members (excludes halogenated alkanes) is 1. The summed E-state index contributed by atoms with van der Waals surface area (Å²) in [4.78, 5) is 10.9. The SMILES string of the molecule is CCCCC1CCOC(=O)CC1. The number of cyclic esters (lactones) is 1. The molecule has 0 aromatic carbocycles. The van der Waals surface area contributed by atoms with Crippen LogP contribution in [0.5, 0.6) is 0 Å². The summed E-state index contributed by atoms with van der Waals surface area (Å²) in [5, 5.41) is 0. The van der Waals surface area contributed by atoms with Gasteiger partial charge in [0.15, 0.2) is 0 Å². The largest absolute Gasteiger partial charge is 0.466 e. The number of esters is 1. The fraction of sp³-hybridized carbons (Fsp3) is 0.900. The van der Waals surface area contributed by atoms with Crippen LogP contribution in [0, 0.1) is 5.92 Å². The standard InChI is InChI=1S/C10H18O2/c1-2-3-4-9-5-6-10(11)12-8-7-9/h9H,2-8H2,1H3. The highest BCUT2D eigenvalue weighted by Gasteiger charge is 2.16. The van der Waals surface area contributed by atoms with Gasteiger partial charge in [-0.1, -0.05) is 26.2 Å². The Balaban J connectivity index is 2.21. The third kappa shape index (κ3) is 3.24. The molecule has 1 saturated heterocycles. The summed E-state index contributed by atoms with van der Waals surface area (Å²) in [5.41, 5.74) is 0. The molecule has 1 aliphatic heterocycles. The summed E-state index contributed by atoms with van der Waals surface area (Å²) in [6, 6.07) is 0. The van der Waals surface area contributed by atoms with Crippen molar-refractivity contribution in [3.8, 4) is 0 Å². The molecule has 0 bridgehead atoms. The van der Waals surface area contributed by atoms with Gasteiger partial charge in [-0.25, -0.2) is 0 Å². The summed E-state index contributed by atoms with van der Waals surface area (Å²) >= 11 is 0. The van der Waals surface area contributed by atoms with Gasteiger partial charge < -0.3 is 4.74 Å². The van der Waals surface area contributed by atoms with E-state index in [0.29, 0.717) is 13.0 Å². The lowest BCUT2D eigenvalue weighted by molar-refractivity contribution is -0.142. The lowest BCUT2D eigenvalue weighted by Crippen LogP contribution is -2.00. The van der Waals surface area contributed by atoms with Gasteiger partial charge in [0.1, 0.15) is 0 Å². The molecule has 0 saturated carbocycles. The summed E-state index contributed by atoms with van der Waals surface area (Å²) in [5.74, 6) is 0.727. The molecule has 0 aromatic rings. The molecule has 0 aromatic heterocycles. The molecule has 1 aliphatic rings. The van der Waals surface area contributed by atoms with Crippen molar-refractivity contribution in [2.24, 2.45) is 5.92 Å². The zero-order valence-electron chi connectivity index (χ0n) is 7.84. The lowest BCUT2D eigenvalue weighted by Gasteiger charge is -2.10. The van der Waals surface area contributed by atoms with Crippen LogP contribution in [-0.4, -0.2) is 12.6 Å². The third-order valence-corrected chi connectivity index (χ3v) is 2.51. The minimum absolute atomic E-state index is 0.00556. The zero-order chi connectivity index (χ0) is 8.81. The van der Waals surface area contributed by atoms with E-state index in [2.05, 4.69) is 6.92 Å². The maximum Gasteiger partial charge on any atom is 0.305 e. The monoisotopic (exact) mass is 170 g/mol. The fourth-order valence-electron chi connectivity index (χ4n) is 1.66. The molecule has 0 amide bonds. The Hall–Kier alpha value is -0.530. The van der Waals surface area contributed by atoms with Crippen LogP contribution in [0.1, 0.15) is 45.4 Å². The first-order chi connectivity index (χ1) is 5.83. The predicted octanol–water partition coefficient (Wildman–Crippen LogP) is 2.52. The summed E-state index contributed by atoms with van der Waals surface area (Å²) < 4.78 is 4.97. The Morgan fingerprint density at radius 2 is 2.33 bits per heavy atom. The fourth-order valence-corrected chi connectivity index (χ4v) is 1.66. The van der Waals surface area contributed by atoms with Crippen molar-refractivity contribution in [2.75, 3.05) is 6.61 Å². The van der Waals surface area contributed by atoms with Crippen molar-refractivity contribution in [3.05, 3.63) is 0 Å². The maximum atomic E-state index is 10.9. The first-order valence-corrected chi connectivity index (χ1v) is 4.98. The molecule has 0 N–H and O–H groups in total. The molecular formula is C10H18O2.